The molecule has 3 nitrogen and oxygen atoms in total. The van der Waals surface area contributed by atoms with Crippen LogP contribution < -0.4 is 5.32 Å². The molecule has 0 saturated heterocycles. The average Bonchev–Trinajstić information content (AvgIpc) is 2.46. The van der Waals surface area contributed by atoms with Crippen LogP contribution in [0.4, 0.5) is 0 Å². The van der Waals surface area contributed by atoms with Crippen molar-refractivity contribution in [2.45, 2.75) is 39.0 Å². The number of aryl methyl sites for hydroxylation is 1. The normalized spacial score (nSPS) is 15.4. The van der Waals surface area contributed by atoms with Gasteiger partial charge in [-0.3, -0.25) is 0 Å². The zero-order chi connectivity index (χ0) is 10.6. The summed E-state index contributed by atoms with van der Waals surface area (Å²) in [5.74, 6) is 0. The van der Waals surface area contributed by atoms with Crippen LogP contribution in [0.1, 0.15) is 26.0 Å². The highest BCUT2D eigenvalue weighted by molar-refractivity contribution is 5.06. The van der Waals surface area contributed by atoms with Crippen molar-refractivity contribution in [2.24, 2.45) is 7.05 Å². The van der Waals surface area contributed by atoms with Gasteiger partial charge in [-0.2, -0.15) is 0 Å². The Kier molecular flexibility index (Phi) is 4.17. The molecule has 80 valence electrons. The van der Waals surface area contributed by atoms with E-state index in [0.29, 0.717) is 6.04 Å². The molecule has 0 spiro atoms. The van der Waals surface area contributed by atoms with Crippen molar-refractivity contribution < 1.29 is 5.11 Å². The minimum absolute atomic E-state index is 0.231. The first-order chi connectivity index (χ1) is 6.59. The highest BCUT2D eigenvalue weighted by atomic mass is 16.3. The zero-order valence-electron chi connectivity index (χ0n) is 9.20. The summed E-state index contributed by atoms with van der Waals surface area (Å²) >= 11 is 0. The van der Waals surface area contributed by atoms with Crippen LogP contribution in [0.15, 0.2) is 18.3 Å². The average molecular weight is 196 g/mol. The van der Waals surface area contributed by atoms with E-state index in [1.165, 1.54) is 5.69 Å². The summed E-state index contributed by atoms with van der Waals surface area (Å²) in [5.41, 5.74) is 1.27. The van der Waals surface area contributed by atoms with E-state index in [-0.39, 0.29) is 6.10 Å². The molecule has 1 rings (SSSR count). The monoisotopic (exact) mass is 196 g/mol. The molecule has 0 aromatic carbocycles. The number of rotatable bonds is 5. The van der Waals surface area contributed by atoms with Gasteiger partial charge >= 0.3 is 0 Å². The molecule has 1 heterocycles. The fourth-order valence-electron chi connectivity index (χ4n) is 1.55. The zero-order valence-corrected chi connectivity index (χ0v) is 9.20. The van der Waals surface area contributed by atoms with E-state index < -0.39 is 0 Å². The van der Waals surface area contributed by atoms with Gasteiger partial charge in [0.1, 0.15) is 0 Å². The van der Waals surface area contributed by atoms with Crippen molar-refractivity contribution in [3.8, 4) is 0 Å². The molecule has 0 aliphatic rings. The number of nitrogens with one attached hydrogen (secondary N) is 1. The molecule has 1 aromatic heterocycles. The Morgan fingerprint density at radius 1 is 1.50 bits per heavy atom. The lowest BCUT2D eigenvalue weighted by Crippen LogP contribution is -2.29. The topological polar surface area (TPSA) is 37.2 Å². The van der Waals surface area contributed by atoms with Crippen LogP contribution in [0.5, 0.6) is 0 Å². The third kappa shape index (κ3) is 3.52. The van der Waals surface area contributed by atoms with Gasteiger partial charge in [0.05, 0.1) is 6.10 Å². The van der Waals surface area contributed by atoms with Crippen LogP contribution in [0.3, 0.4) is 0 Å². The summed E-state index contributed by atoms with van der Waals surface area (Å²) in [6.07, 6.45) is 2.60. The van der Waals surface area contributed by atoms with Crippen LogP contribution in [0.2, 0.25) is 0 Å². The van der Waals surface area contributed by atoms with E-state index in [1.54, 1.807) is 0 Å². The summed E-state index contributed by atoms with van der Waals surface area (Å²) in [6.45, 7) is 4.77. The maximum atomic E-state index is 9.19. The van der Waals surface area contributed by atoms with Gasteiger partial charge in [0, 0.05) is 31.5 Å². The van der Waals surface area contributed by atoms with Crippen LogP contribution >= 0.6 is 0 Å². The van der Waals surface area contributed by atoms with Crippen molar-refractivity contribution in [1.29, 1.82) is 0 Å². The molecule has 1 aromatic rings. The highest BCUT2D eigenvalue weighted by Crippen LogP contribution is 2.01. The second-order valence-corrected chi connectivity index (χ2v) is 3.98. The molecule has 0 aliphatic carbocycles. The summed E-state index contributed by atoms with van der Waals surface area (Å²) < 4.78 is 2.10. The van der Waals surface area contributed by atoms with Crippen LogP contribution in [-0.2, 0) is 13.6 Å². The molecule has 14 heavy (non-hydrogen) atoms. The first-order valence-electron chi connectivity index (χ1n) is 5.11. The van der Waals surface area contributed by atoms with Gasteiger partial charge in [0.2, 0.25) is 0 Å². The van der Waals surface area contributed by atoms with Crippen molar-refractivity contribution in [1.82, 2.24) is 9.88 Å². The molecule has 3 heteroatoms. The van der Waals surface area contributed by atoms with Crippen LogP contribution in [0.25, 0.3) is 0 Å². The number of aromatic nitrogens is 1. The van der Waals surface area contributed by atoms with Crippen LogP contribution in [-0.4, -0.2) is 21.8 Å². The van der Waals surface area contributed by atoms with Gasteiger partial charge in [-0.1, -0.05) is 0 Å². The minimum atomic E-state index is -0.231. The Labute approximate surface area is 85.7 Å². The molecule has 0 saturated carbocycles. The second kappa shape index (κ2) is 5.17. The lowest BCUT2D eigenvalue weighted by molar-refractivity contribution is 0.170. The standard InChI is InChI=1S/C11H20N2O/c1-9(7-10(2)14)12-8-11-5-4-6-13(11)3/h4-6,9-10,12,14H,7-8H2,1-3H3. The quantitative estimate of drug-likeness (QED) is 0.744. The molecule has 0 bridgehead atoms. The molecule has 2 unspecified atom stereocenters. The maximum absolute atomic E-state index is 9.19. The number of nitrogens with zero attached hydrogens (tertiary/aromatic N) is 1. The largest absolute Gasteiger partial charge is 0.393 e. The van der Waals surface area contributed by atoms with E-state index in [2.05, 4.69) is 22.9 Å². The molecular weight excluding hydrogens is 176 g/mol. The van der Waals surface area contributed by atoms with Crippen molar-refractivity contribution >= 4 is 0 Å². The molecule has 0 radical (unpaired) electrons. The molecule has 2 atom stereocenters. The number of aliphatic hydroxyl groups is 1. The van der Waals surface area contributed by atoms with E-state index >= 15 is 0 Å². The number of hydrogen-bond donors (Lipinski definition) is 2. The summed E-state index contributed by atoms with van der Waals surface area (Å²) in [6, 6.07) is 4.49. The first kappa shape index (κ1) is 11.3. The Bertz CT molecular complexity index is 268. The minimum Gasteiger partial charge on any atom is -0.393 e. The summed E-state index contributed by atoms with van der Waals surface area (Å²) in [5, 5.41) is 12.6. The lowest BCUT2D eigenvalue weighted by atomic mass is 10.1. The fraction of sp³-hybridized carbons (Fsp3) is 0.636. The Morgan fingerprint density at radius 2 is 2.21 bits per heavy atom. The van der Waals surface area contributed by atoms with Gasteiger partial charge in [-0.15, -0.1) is 0 Å². The van der Waals surface area contributed by atoms with Crippen molar-refractivity contribution in [3.63, 3.8) is 0 Å². The number of hydrogen-bond acceptors (Lipinski definition) is 2. The third-order valence-corrected chi connectivity index (χ3v) is 2.38. The van der Waals surface area contributed by atoms with Gasteiger partial charge < -0.3 is 15.0 Å². The SMILES string of the molecule is CC(O)CC(C)NCc1cccn1C. The van der Waals surface area contributed by atoms with Gasteiger partial charge in [-0.05, 0) is 32.4 Å². The molecule has 2 N–H and O–H groups in total. The summed E-state index contributed by atoms with van der Waals surface area (Å²) in [7, 11) is 2.04. The highest BCUT2D eigenvalue weighted by Gasteiger charge is 2.05. The third-order valence-electron chi connectivity index (χ3n) is 2.38. The Morgan fingerprint density at radius 3 is 2.71 bits per heavy atom. The lowest BCUT2D eigenvalue weighted by Gasteiger charge is -2.15. The van der Waals surface area contributed by atoms with Crippen LogP contribution in [0, 0.1) is 0 Å². The van der Waals surface area contributed by atoms with E-state index in [1.807, 2.05) is 26.2 Å². The molecule has 0 fully saturated rings. The fourth-order valence-corrected chi connectivity index (χ4v) is 1.55. The molecule has 0 amide bonds. The molecule has 0 aliphatic heterocycles. The van der Waals surface area contributed by atoms with Gasteiger partial charge in [-0.25, -0.2) is 0 Å². The van der Waals surface area contributed by atoms with Crippen molar-refractivity contribution in [3.05, 3.63) is 24.0 Å². The van der Waals surface area contributed by atoms with E-state index in [9.17, 15) is 5.11 Å². The predicted molar refractivity (Wildman–Crippen MR) is 58.0 cm³/mol. The predicted octanol–water partition coefficient (Wildman–Crippen LogP) is 1.27. The maximum Gasteiger partial charge on any atom is 0.0526 e. The first-order valence-corrected chi connectivity index (χ1v) is 5.11. The van der Waals surface area contributed by atoms with Crippen molar-refractivity contribution in [2.75, 3.05) is 0 Å². The second-order valence-electron chi connectivity index (χ2n) is 3.98. The Hall–Kier alpha value is -0.800. The van der Waals surface area contributed by atoms with Gasteiger partial charge in [0.15, 0.2) is 0 Å². The van der Waals surface area contributed by atoms with E-state index in [0.717, 1.165) is 13.0 Å². The smallest absolute Gasteiger partial charge is 0.0526 e. The Balaban J connectivity index is 2.30. The van der Waals surface area contributed by atoms with Gasteiger partial charge in [0.25, 0.3) is 0 Å². The molecular formula is C11H20N2O. The summed E-state index contributed by atoms with van der Waals surface area (Å²) in [4.78, 5) is 0. The number of aliphatic hydroxyl groups excluding tert-OH is 1. The van der Waals surface area contributed by atoms with E-state index in [4.69, 9.17) is 0 Å².